The third kappa shape index (κ3) is 3.87. The van der Waals surface area contributed by atoms with E-state index in [9.17, 15) is 9.90 Å². The number of hydrogen-bond acceptors (Lipinski definition) is 4. The lowest BCUT2D eigenvalue weighted by molar-refractivity contribution is -0.0713. The molecular formula is C18H19Cl2NO3. The van der Waals surface area contributed by atoms with Crippen LogP contribution in [0.2, 0.25) is 0 Å². The minimum Gasteiger partial charge on any atom is -0.459 e. The number of halogens is 2. The van der Waals surface area contributed by atoms with Crippen LogP contribution in [0.5, 0.6) is 0 Å². The van der Waals surface area contributed by atoms with Crippen LogP contribution in [0.15, 0.2) is 24.3 Å². The Kier molecular flexibility index (Phi) is 5.36. The third-order valence-corrected chi connectivity index (χ3v) is 4.88. The second kappa shape index (κ2) is 7.33. The monoisotopic (exact) mass is 367 g/mol. The smallest absolute Gasteiger partial charge is 0.339 e. The molecule has 0 saturated carbocycles. The fourth-order valence-electron chi connectivity index (χ4n) is 3.34. The standard InChI is InChI=1S/C18H19Cl2NO3/c19-16(20)11-24-17(22)15-4-2-1-3-13(15)5-8-18(23)12-21-9-6-14(18)7-10-21/h1-4,14,16,23H,6-7,9-12H2. The van der Waals surface area contributed by atoms with Gasteiger partial charge in [-0.2, -0.15) is 0 Å². The lowest BCUT2D eigenvalue weighted by Gasteiger charge is -2.47. The van der Waals surface area contributed by atoms with Crippen LogP contribution in [0.25, 0.3) is 0 Å². The van der Waals surface area contributed by atoms with Gasteiger partial charge in [0.15, 0.2) is 0 Å². The molecule has 0 amide bonds. The zero-order valence-electron chi connectivity index (χ0n) is 13.2. The Balaban J connectivity index is 1.80. The number of benzene rings is 1. The highest BCUT2D eigenvalue weighted by Crippen LogP contribution is 2.35. The third-order valence-electron chi connectivity index (χ3n) is 4.63. The molecular weight excluding hydrogens is 349 g/mol. The van der Waals surface area contributed by atoms with Crippen molar-refractivity contribution in [3.8, 4) is 11.8 Å². The first kappa shape index (κ1) is 17.6. The number of piperidine rings is 3. The molecule has 2 bridgehead atoms. The van der Waals surface area contributed by atoms with Gasteiger partial charge in [-0.25, -0.2) is 4.79 Å². The van der Waals surface area contributed by atoms with E-state index in [1.807, 2.05) is 0 Å². The quantitative estimate of drug-likeness (QED) is 0.506. The number of carbonyl (C=O) groups excluding carboxylic acids is 1. The second-order valence-electron chi connectivity index (χ2n) is 6.26. The molecule has 0 radical (unpaired) electrons. The average Bonchev–Trinajstić information content (AvgIpc) is 2.59. The molecule has 4 nitrogen and oxygen atoms in total. The number of rotatable bonds is 3. The van der Waals surface area contributed by atoms with Crippen LogP contribution in [0.1, 0.15) is 28.8 Å². The maximum atomic E-state index is 12.2. The molecule has 3 saturated heterocycles. The van der Waals surface area contributed by atoms with E-state index < -0.39 is 16.4 Å². The van der Waals surface area contributed by atoms with E-state index in [0.717, 1.165) is 25.9 Å². The summed E-state index contributed by atoms with van der Waals surface area (Å²) in [5.41, 5.74) is -0.123. The van der Waals surface area contributed by atoms with Crippen LogP contribution in [0.3, 0.4) is 0 Å². The summed E-state index contributed by atoms with van der Waals surface area (Å²) in [7, 11) is 0. The van der Waals surface area contributed by atoms with Gasteiger partial charge in [-0.15, -0.1) is 23.2 Å². The number of esters is 1. The Hall–Kier alpha value is -1.25. The predicted octanol–water partition coefficient (Wildman–Crippen LogP) is 2.46. The van der Waals surface area contributed by atoms with Crippen LogP contribution in [-0.4, -0.2) is 52.7 Å². The zero-order chi connectivity index (χ0) is 17.2. The van der Waals surface area contributed by atoms with Gasteiger partial charge in [-0.3, -0.25) is 4.90 Å². The van der Waals surface area contributed by atoms with Crippen molar-refractivity contribution in [2.45, 2.75) is 23.3 Å². The predicted molar refractivity (Wildman–Crippen MR) is 93.2 cm³/mol. The van der Waals surface area contributed by atoms with Crippen LogP contribution in [-0.2, 0) is 4.74 Å². The molecule has 1 N–H and O–H groups in total. The number of carbonyl (C=O) groups is 1. The molecule has 0 aliphatic carbocycles. The average molecular weight is 368 g/mol. The molecule has 3 aliphatic heterocycles. The molecule has 4 rings (SSSR count). The lowest BCUT2D eigenvalue weighted by Crippen LogP contribution is -2.58. The van der Waals surface area contributed by atoms with Gasteiger partial charge >= 0.3 is 5.97 Å². The SMILES string of the molecule is O=C(OCC(Cl)Cl)c1ccccc1C#CC1(O)CN2CCC1CC2. The molecule has 1 aromatic carbocycles. The largest absolute Gasteiger partial charge is 0.459 e. The van der Waals surface area contributed by atoms with E-state index in [4.69, 9.17) is 27.9 Å². The van der Waals surface area contributed by atoms with Crippen LogP contribution in [0.4, 0.5) is 0 Å². The number of ether oxygens (including phenoxy) is 1. The molecule has 0 aromatic heterocycles. The van der Waals surface area contributed by atoms with Crippen molar-refractivity contribution in [1.82, 2.24) is 4.90 Å². The first-order chi connectivity index (χ1) is 11.5. The van der Waals surface area contributed by atoms with Crippen molar-refractivity contribution in [3.05, 3.63) is 35.4 Å². The molecule has 1 atom stereocenters. The second-order valence-corrected chi connectivity index (χ2v) is 7.54. The van der Waals surface area contributed by atoms with E-state index in [0.29, 0.717) is 17.7 Å². The maximum absolute atomic E-state index is 12.2. The lowest BCUT2D eigenvalue weighted by atomic mass is 9.75. The van der Waals surface area contributed by atoms with Gasteiger partial charge in [-0.05, 0) is 38.1 Å². The summed E-state index contributed by atoms with van der Waals surface area (Å²) < 4.78 is 5.06. The van der Waals surface area contributed by atoms with Crippen molar-refractivity contribution in [1.29, 1.82) is 0 Å². The number of alkyl halides is 2. The fourth-order valence-corrected chi connectivity index (χ4v) is 3.47. The van der Waals surface area contributed by atoms with Crippen LogP contribution < -0.4 is 0 Å². The van der Waals surface area contributed by atoms with Crippen LogP contribution >= 0.6 is 23.2 Å². The fraction of sp³-hybridized carbons (Fsp3) is 0.500. The molecule has 24 heavy (non-hydrogen) atoms. The van der Waals surface area contributed by atoms with Crippen molar-refractivity contribution in [3.63, 3.8) is 0 Å². The van der Waals surface area contributed by atoms with E-state index in [1.54, 1.807) is 24.3 Å². The zero-order valence-corrected chi connectivity index (χ0v) is 14.7. The van der Waals surface area contributed by atoms with Crippen LogP contribution in [0, 0.1) is 17.8 Å². The molecule has 6 heteroatoms. The van der Waals surface area contributed by atoms with E-state index >= 15 is 0 Å². The normalized spacial score (nSPS) is 28.3. The molecule has 0 spiro atoms. The molecule has 3 fully saturated rings. The Bertz CT molecular complexity index is 674. The van der Waals surface area contributed by atoms with Crippen molar-refractivity contribution in [2.24, 2.45) is 5.92 Å². The highest BCUT2D eigenvalue weighted by atomic mass is 35.5. The van der Waals surface area contributed by atoms with Gasteiger partial charge in [0.05, 0.1) is 5.56 Å². The van der Waals surface area contributed by atoms with Gasteiger partial charge in [0, 0.05) is 18.0 Å². The summed E-state index contributed by atoms with van der Waals surface area (Å²) in [6, 6.07) is 6.93. The molecule has 1 aromatic rings. The topological polar surface area (TPSA) is 49.8 Å². The maximum Gasteiger partial charge on any atom is 0.339 e. The minimum absolute atomic E-state index is 0.0787. The number of aliphatic hydroxyl groups is 1. The number of hydrogen-bond donors (Lipinski definition) is 1. The Morgan fingerprint density at radius 3 is 2.71 bits per heavy atom. The van der Waals surface area contributed by atoms with Gasteiger partial charge < -0.3 is 9.84 Å². The minimum atomic E-state index is -1.01. The molecule has 128 valence electrons. The van der Waals surface area contributed by atoms with Crippen molar-refractivity contribution in [2.75, 3.05) is 26.2 Å². The first-order valence-corrected chi connectivity index (χ1v) is 8.87. The summed E-state index contributed by atoms with van der Waals surface area (Å²) in [6.45, 7) is 2.54. The molecule has 1 unspecified atom stereocenters. The highest BCUT2D eigenvalue weighted by Gasteiger charge is 2.44. The summed E-state index contributed by atoms with van der Waals surface area (Å²) >= 11 is 11.2. The van der Waals surface area contributed by atoms with Gasteiger partial charge in [-0.1, -0.05) is 24.0 Å². The van der Waals surface area contributed by atoms with Gasteiger partial charge in [0.25, 0.3) is 0 Å². The van der Waals surface area contributed by atoms with E-state index in [-0.39, 0.29) is 12.5 Å². The highest BCUT2D eigenvalue weighted by molar-refractivity contribution is 6.44. The molecule has 3 aliphatic rings. The summed E-state index contributed by atoms with van der Waals surface area (Å²) in [5, 5.41) is 10.9. The summed E-state index contributed by atoms with van der Waals surface area (Å²) in [4.78, 5) is 13.6. The van der Waals surface area contributed by atoms with Crippen molar-refractivity contribution < 1.29 is 14.6 Å². The van der Waals surface area contributed by atoms with E-state index in [2.05, 4.69) is 16.7 Å². The van der Waals surface area contributed by atoms with E-state index in [1.165, 1.54) is 0 Å². The summed E-state index contributed by atoms with van der Waals surface area (Å²) in [6.07, 6.45) is 1.92. The number of fused-ring (bicyclic) bond motifs is 3. The Labute approximate surface area is 151 Å². The molecule has 3 heterocycles. The Morgan fingerprint density at radius 2 is 2.08 bits per heavy atom. The van der Waals surface area contributed by atoms with Crippen molar-refractivity contribution >= 4 is 29.2 Å². The number of nitrogens with zero attached hydrogens (tertiary/aromatic N) is 1. The summed E-state index contributed by atoms with van der Waals surface area (Å²) in [5.74, 6) is 5.67. The Morgan fingerprint density at radius 1 is 1.38 bits per heavy atom. The van der Waals surface area contributed by atoms with Gasteiger partial charge in [0.2, 0.25) is 0 Å². The first-order valence-electron chi connectivity index (χ1n) is 8.00. The van der Waals surface area contributed by atoms with Gasteiger partial charge in [0.1, 0.15) is 17.0 Å².